The second-order valence-electron chi connectivity index (χ2n) is 6.88. The number of rotatable bonds is 5. The molecule has 1 saturated heterocycles. The molecule has 0 radical (unpaired) electrons. The molecule has 140 valence electrons. The van der Waals surface area contributed by atoms with E-state index >= 15 is 0 Å². The number of hydrogen-bond acceptors (Lipinski definition) is 6. The molecule has 0 bridgehead atoms. The standard InChI is InChI=1S/C20H22N4O3/c1-24-19(12-25)16(11-22-24)17-3-2-14-10-21-15(8-18(14)23-17)9-20(26)13-4-6-27-7-5-13/h2-3,8,10-11,13,25H,4-7,9,12H2,1H3. The smallest absolute Gasteiger partial charge is 0.142 e. The van der Waals surface area contributed by atoms with E-state index in [2.05, 4.69) is 10.1 Å². The topological polar surface area (TPSA) is 90.1 Å². The predicted octanol–water partition coefficient (Wildman–Crippen LogP) is 2.06. The summed E-state index contributed by atoms with van der Waals surface area (Å²) in [6.45, 7) is 1.21. The molecule has 0 atom stereocenters. The number of aliphatic hydroxyl groups excluding tert-OH is 1. The van der Waals surface area contributed by atoms with Crippen LogP contribution in [0.15, 0.2) is 30.6 Å². The number of carbonyl (C=O) groups excluding carboxylic acids is 1. The first-order valence-corrected chi connectivity index (χ1v) is 9.14. The lowest BCUT2D eigenvalue weighted by molar-refractivity contribution is -0.125. The summed E-state index contributed by atoms with van der Waals surface area (Å²) in [5.74, 6) is 0.286. The first-order valence-electron chi connectivity index (χ1n) is 9.14. The Morgan fingerprint density at radius 2 is 2.11 bits per heavy atom. The van der Waals surface area contributed by atoms with Crippen LogP contribution >= 0.6 is 0 Å². The molecule has 27 heavy (non-hydrogen) atoms. The van der Waals surface area contributed by atoms with Gasteiger partial charge >= 0.3 is 0 Å². The molecule has 4 heterocycles. The van der Waals surface area contributed by atoms with Crippen LogP contribution in [0.5, 0.6) is 0 Å². The number of fused-ring (bicyclic) bond motifs is 1. The fourth-order valence-electron chi connectivity index (χ4n) is 3.51. The van der Waals surface area contributed by atoms with Crippen LogP contribution in [-0.2, 0) is 29.6 Å². The van der Waals surface area contributed by atoms with E-state index in [1.165, 1.54) is 0 Å². The van der Waals surface area contributed by atoms with Gasteiger partial charge in [0.25, 0.3) is 0 Å². The summed E-state index contributed by atoms with van der Waals surface area (Å²) in [7, 11) is 1.79. The van der Waals surface area contributed by atoms with E-state index in [0.29, 0.717) is 25.3 Å². The van der Waals surface area contributed by atoms with Gasteiger partial charge in [0.2, 0.25) is 0 Å². The molecule has 0 amide bonds. The van der Waals surface area contributed by atoms with Crippen molar-refractivity contribution in [2.75, 3.05) is 13.2 Å². The number of aliphatic hydroxyl groups is 1. The van der Waals surface area contributed by atoms with E-state index < -0.39 is 0 Å². The maximum absolute atomic E-state index is 12.5. The third kappa shape index (κ3) is 3.61. The Morgan fingerprint density at radius 3 is 2.89 bits per heavy atom. The van der Waals surface area contributed by atoms with Gasteiger partial charge in [-0.2, -0.15) is 5.10 Å². The number of hydrogen-bond donors (Lipinski definition) is 1. The van der Waals surface area contributed by atoms with Crippen LogP contribution in [0, 0.1) is 5.92 Å². The molecule has 0 aromatic carbocycles. The second-order valence-corrected chi connectivity index (χ2v) is 6.88. The van der Waals surface area contributed by atoms with E-state index in [0.717, 1.165) is 40.7 Å². The van der Waals surface area contributed by atoms with Gasteiger partial charge in [-0.05, 0) is 31.0 Å². The highest BCUT2D eigenvalue weighted by Gasteiger charge is 2.22. The van der Waals surface area contributed by atoms with Crippen LogP contribution in [0.4, 0.5) is 0 Å². The Hall–Kier alpha value is -2.64. The molecule has 1 aliphatic heterocycles. The van der Waals surface area contributed by atoms with Crippen LogP contribution in [0.3, 0.4) is 0 Å². The number of carbonyl (C=O) groups is 1. The van der Waals surface area contributed by atoms with E-state index in [1.807, 2.05) is 18.2 Å². The molecular formula is C20H22N4O3. The van der Waals surface area contributed by atoms with Crippen LogP contribution < -0.4 is 0 Å². The van der Waals surface area contributed by atoms with Gasteiger partial charge in [0.05, 0.1) is 29.7 Å². The summed E-state index contributed by atoms with van der Waals surface area (Å²) in [6, 6.07) is 5.72. The third-order valence-corrected chi connectivity index (χ3v) is 5.15. The SMILES string of the molecule is Cn1ncc(-c2ccc3cnc(CC(=O)C4CCOCC4)cc3n2)c1CO. The van der Waals surface area contributed by atoms with Crippen molar-refractivity contribution in [1.82, 2.24) is 19.7 Å². The summed E-state index contributed by atoms with van der Waals surface area (Å²) in [5, 5.41) is 14.7. The number of ether oxygens (including phenoxy) is 1. The summed E-state index contributed by atoms with van der Waals surface area (Å²) in [5.41, 5.74) is 3.78. The first-order chi connectivity index (χ1) is 13.2. The van der Waals surface area contributed by atoms with Crippen LogP contribution in [0.25, 0.3) is 22.2 Å². The number of aryl methyl sites for hydroxylation is 1. The molecule has 0 unspecified atom stereocenters. The Labute approximate surface area is 157 Å². The van der Waals surface area contributed by atoms with Gasteiger partial charge in [0.1, 0.15) is 5.78 Å². The average molecular weight is 366 g/mol. The summed E-state index contributed by atoms with van der Waals surface area (Å²) >= 11 is 0. The molecule has 3 aromatic heterocycles. The van der Waals surface area contributed by atoms with Crippen molar-refractivity contribution in [1.29, 1.82) is 0 Å². The minimum absolute atomic E-state index is 0.0676. The molecule has 0 saturated carbocycles. The molecule has 1 fully saturated rings. The number of pyridine rings is 2. The van der Waals surface area contributed by atoms with Crippen molar-refractivity contribution in [3.8, 4) is 11.3 Å². The highest BCUT2D eigenvalue weighted by atomic mass is 16.5. The molecule has 1 N–H and O–H groups in total. The fourth-order valence-corrected chi connectivity index (χ4v) is 3.51. The Balaban J connectivity index is 1.62. The van der Waals surface area contributed by atoms with Gasteiger partial charge in [-0.15, -0.1) is 0 Å². The second kappa shape index (κ2) is 7.54. The highest BCUT2D eigenvalue weighted by Crippen LogP contribution is 2.25. The van der Waals surface area contributed by atoms with Gasteiger partial charge in [-0.25, -0.2) is 4.98 Å². The van der Waals surface area contributed by atoms with Crippen LogP contribution in [-0.4, -0.2) is 43.9 Å². The Kier molecular flexibility index (Phi) is 4.96. The number of Topliss-reactive ketones (excluding diaryl/α,β-unsaturated/α-hetero) is 1. The Bertz CT molecular complexity index is 977. The fraction of sp³-hybridized carbons (Fsp3) is 0.400. The van der Waals surface area contributed by atoms with Gasteiger partial charge < -0.3 is 9.84 Å². The largest absolute Gasteiger partial charge is 0.390 e. The third-order valence-electron chi connectivity index (χ3n) is 5.15. The van der Waals surface area contributed by atoms with E-state index in [1.54, 1.807) is 24.1 Å². The van der Waals surface area contributed by atoms with Crippen molar-refractivity contribution in [3.05, 3.63) is 42.0 Å². The maximum atomic E-state index is 12.5. The van der Waals surface area contributed by atoms with Gasteiger partial charge in [0.15, 0.2) is 0 Å². The lowest BCUT2D eigenvalue weighted by Gasteiger charge is -2.20. The summed E-state index contributed by atoms with van der Waals surface area (Å²) < 4.78 is 6.98. The molecule has 1 aliphatic rings. The normalized spacial score (nSPS) is 15.3. The lowest BCUT2D eigenvalue weighted by Crippen LogP contribution is -2.25. The quantitative estimate of drug-likeness (QED) is 0.743. The molecule has 4 rings (SSSR count). The monoisotopic (exact) mass is 366 g/mol. The summed E-state index contributed by atoms with van der Waals surface area (Å²) in [6.07, 6.45) is 5.37. The zero-order valence-corrected chi connectivity index (χ0v) is 15.3. The van der Waals surface area contributed by atoms with E-state index in [4.69, 9.17) is 9.72 Å². The van der Waals surface area contributed by atoms with Crippen LogP contribution in [0.2, 0.25) is 0 Å². The lowest BCUT2D eigenvalue weighted by atomic mass is 9.92. The maximum Gasteiger partial charge on any atom is 0.142 e. The van der Waals surface area contributed by atoms with Gasteiger partial charge in [-0.1, -0.05) is 0 Å². The predicted molar refractivity (Wildman–Crippen MR) is 99.9 cm³/mol. The van der Waals surface area contributed by atoms with E-state index in [9.17, 15) is 9.90 Å². The van der Waals surface area contributed by atoms with Gasteiger partial charge in [-0.3, -0.25) is 14.5 Å². The van der Waals surface area contributed by atoms with Crippen molar-refractivity contribution in [2.24, 2.45) is 13.0 Å². The first kappa shape index (κ1) is 17.8. The van der Waals surface area contributed by atoms with Crippen LogP contribution in [0.1, 0.15) is 24.2 Å². The highest BCUT2D eigenvalue weighted by molar-refractivity contribution is 5.85. The summed E-state index contributed by atoms with van der Waals surface area (Å²) in [4.78, 5) is 21.7. The van der Waals surface area contributed by atoms with Crippen molar-refractivity contribution >= 4 is 16.7 Å². The van der Waals surface area contributed by atoms with Crippen molar-refractivity contribution < 1.29 is 14.6 Å². The molecule has 3 aromatic rings. The van der Waals surface area contributed by atoms with Crippen molar-refractivity contribution in [3.63, 3.8) is 0 Å². The number of ketones is 1. The minimum atomic E-state index is -0.104. The van der Waals surface area contributed by atoms with Crippen molar-refractivity contribution in [2.45, 2.75) is 25.9 Å². The van der Waals surface area contributed by atoms with Gasteiger partial charge in [0, 0.05) is 55.4 Å². The number of aromatic nitrogens is 4. The zero-order valence-electron chi connectivity index (χ0n) is 15.3. The Morgan fingerprint density at radius 1 is 1.30 bits per heavy atom. The molecule has 0 spiro atoms. The number of nitrogens with zero attached hydrogens (tertiary/aromatic N) is 4. The minimum Gasteiger partial charge on any atom is -0.390 e. The average Bonchev–Trinajstić information content (AvgIpc) is 3.08. The molecule has 7 heteroatoms. The molecule has 7 nitrogen and oxygen atoms in total. The van der Waals surface area contributed by atoms with E-state index in [-0.39, 0.29) is 18.3 Å². The molecule has 0 aliphatic carbocycles. The zero-order chi connectivity index (χ0) is 18.8. The molecular weight excluding hydrogens is 344 g/mol.